The second kappa shape index (κ2) is 4.46. The molecule has 3 N–H and O–H groups in total. The molecule has 0 aliphatic heterocycles. The molecule has 3 nitrogen and oxygen atoms in total. The molecule has 0 aromatic rings. The number of nitrogens with two attached hydrogens (primary N) is 1. The topological polar surface area (TPSA) is 55.1 Å². The van der Waals surface area contributed by atoms with E-state index in [0.717, 1.165) is 4.48 Å². The summed E-state index contributed by atoms with van der Waals surface area (Å²) in [5, 5.41) is 2.86. The van der Waals surface area contributed by atoms with Gasteiger partial charge in [0.15, 0.2) is 0 Å². The van der Waals surface area contributed by atoms with Crippen LogP contribution in [0, 0.1) is 0 Å². The Balaban J connectivity index is 3.49. The highest BCUT2D eigenvalue weighted by atomic mass is 79.9. The molecule has 0 rings (SSSR count). The zero-order chi connectivity index (χ0) is 8.15. The molecule has 0 saturated carbocycles. The number of hydrogen-bond donors (Lipinski definition) is 2. The van der Waals surface area contributed by atoms with Crippen LogP contribution in [-0.4, -0.2) is 18.5 Å². The first kappa shape index (κ1) is 9.65. The van der Waals surface area contributed by atoms with Crippen LogP contribution in [0.25, 0.3) is 0 Å². The summed E-state index contributed by atoms with van der Waals surface area (Å²) in [6.07, 6.45) is 0. The monoisotopic (exact) mass is 206 g/mol. The van der Waals surface area contributed by atoms with Crippen LogP contribution in [0.4, 0.5) is 0 Å². The fourth-order valence-corrected chi connectivity index (χ4v) is 0.526. The summed E-state index contributed by atoms with van der Waals surface area (Å²) in [6, 6.07) is -0.297. The molecule has 4 heteroatoms. The number of nitrogens with one attached hydrogen (secondary N) is 1. The molecular formula is C6H11BrN2O. The minimum absolute atomic E-state index is 0.297. The van der Waals surface area contributed by atoms with E-state index in [0.29, 0.717) is 6.54 Å². The molecule has 10 heavy (non-hydrogen) atoms. The second-order valence-corrected chi connectivity index (χ2v) is 3.14. The highest BCUT2D eigenvalue weighted by molar-refractivity contribution is 9.11. The third-order valence-electron chi connectivity index (χ3n) is 1.03. The van der Waals surface area contributed by atoms with Crippen LogP contribution in [0.15, 0.2) is 11.1 Å². The molecule has 0 aliphatic rings. The smallest absolute Gasteiger partial charge is 0.234 e. The first-order valence-corrected chi connectivity index (χ1v) is 3.69. The van der Waals surface area contributed by atoms with Crippen molar-refractivity contribution in [3.63, 3.8) is 0 Å². The van der Waals surface area contributed by atoms with Crippen LogP contribution in [0.1, 0.15) is 6.92 Å². The number of halogens is 1. The summed E-state index contributed by atoms with van der Waals surface area (Å²) < 4.78 is 0.806. The summed E-state index contributed by atoms with van der Waals surface area (Å²) in [6.45, 7) is 5.85. The zero-order valence-electron chi connectivity index (χ0n) is 5.86. The van der Waals surface area contributed by atoms with Gasteiger partial charge in [0.25, 0.3) is 0 Å². The molecule has 1 amide bonds. The van der Waals surface area contributed by atoms with Gasteiger partial charge in [0.2, 0.25) is 5.91 Å². The molecular weight excluding hydrogens is 196 g/mol. The number of rotatable bonds is 4. The largest absolute Gasteiger partial charge is 0.368 e. The van der Waals surface area contributed by atoms with E-state index in [2.05, 4.69) is 27.8 Å². The maximum Gasteiger partial charge on any atom is 0.234 e. The molecule has 1 atom stereocenters. The molecule has 0 spiro atoms. The third kappa shape index (κ3) is 4.52. The molecule has 0 bridgehead atoms. The molecule has 1 unspecified atom stereocenters. The normalized spacial score (nSPS) is 12.6. The van der Waals surface area contributed by atoms with Gasteiger partial charge in [-0.05, 0) is 6.92 Å². The van der Waals surface area contributed by atoms with Crippen LogP contribution in [0.3, 0.4) is 0 Å². The minimum Gasteiger partial charge on any atom is -0.368 e. The molecule has 0 aromatic heterocycles. The van der Waals surface area contributed by atoms with E-state index in [1.807, 2.05) is 0 Å². The Morgan fingerprint density at radius 3 is 2.70 bits per heavy atom. The maximum absolute atomic E-state index is 10.4. The highest BCUT2D eigenvalue weighted by Crippen LogP contribution is 1.97. The van der Waals surface area contributed by atoms with E-state index >= 15 is 0 Å². The Morgan fingerprint density at radius 2 is 2.40 bits per heavy atom. The lowest BCUT2D eigenvalue weighted by atomic mass is 10.3. The predicted octanol–water partition coefficient (Wildman–Crippen LogP) is 0.358. The van der Waals surface area contributed by atoms with Crippen LogP contribution in [0.5, 0.6) is 0 Å². The van der Waals surface area contributed by atoms with E-state index in [4.69, 9.17) is 5.73 Å². The Morgan fingerprint density at radius 1 is 1.90 bits per heavy atom. The lowest BCUT2D eigenvalue weighted by Gasteiger charge is -2.07. The Hall–Kier alpha value is -0.350. The van der Waals surface area contributed by atoms with E-state index in [1.165, 1.54) is 0 Å². The van der Waals surface area contributed by atoms with Gasteiger partial charge in [0, 0.05) is 11.0 Å². The van der Waals surface area contributed by atoms with Crippen molar-refractivity contribution in [2.45, 2.75) is 13.0 Å². The molecule has 0 aromatic carbocycles. The molecule has 0 radical (unpaired) electrons. The summed E-state index contributed by atoms with van der Waals surface area (Å²) in [5.74, 6) is -0.353. The average Bonchev–Trinajstić information content (AvgIpc) is 1.82. The molecule has 0 heterocycles. The number of carbonyl (C=O) groups is 1. The molecule has 0 saturated heterocycles. The van der Waals surface area contributed by atoms with Gasteiger partial charge in [0.1, 0.15) is 0 Å². The number of primary amides is 1. The van der Waals surface area contributed by atoms with Gasteiger partial charge in [-0.15, -0.1) is 0 Å². The summed E-state index contributed by atoms with van der Waals surface area (Å²) in [7, 11) is 0. The number of hydrogen-bond acceptors (Lipinski definition) is 2. The van der Waals surface area contributed by atoms with Crippen LogP contribution in [0.2, 0.25) is 0 Å². The van der Waals surface area contributed by atoms with E-state index in [1.54, 1.807) is 6.92 Å². The average molecular weight is 207 g/mol. The van der Waals surface area contributed by atoms with Crippen molar-refractivity contribution in [3.05, 3.63) is 11.1 Å². The van der Waals surface area contributed by atoms with Crippen molar-refractivity contribution in [2.75, 3.05) is 6.54 Å². The van der Waals surface area contributed by atoms with E-state index in [9.17, 15) is 4.79 Å². The first-order valence-electron chi connectivity index (χ1n) is 2.90. The predicted molar refractivity (Wildman–Crippen MR) is 44.7 cm³/mol. The SMILES string of the molecule is C=C(Br)CNC(C)C(N)=O. The van der Waals surface area contributed by atoms with Gasteiger partial charge in [0.05, 0.1) is 6.04 Å². The van der Waals surface area contributed by atoms with Crippen LogP contribution >= 0.6 is 15.9 Å². The van der Waals surface area contributed by atoms with E-state index in [-0.39, 0.29) is 11.9 Å². The quantitative estimate of drug-likeness (QED) is 0.699. The second-order valence-electron chi connectivity index (χ2n) is 2.02. The summed E-state index contributed by atoms with van der Waals surface area (Å²) in [5.41, 5.74) is 4.98. The van der Waals surface area contributed by atoms with Gasteiger partial charge in [-0.3, -0.25) is 4.79 Å². The molecule has 58 valence electrons. The van der Waals surface area contributed by atoms with Gasteiger partial charge in [-0.25, -0.2) is 0 Å². The molecule has 0 fully saturated rings. The summed E-state index contributed by atoms with van der Waals surface area (Å²) in [4.78, 5) is 10.4. The lowest BCUT2D eigenvalue weighted by molar-refractivity contribution is -0.119. The lowest BCUT2D eigenvalue weighted by Crippen LogP contribution is -2.39. The van der Waals surface area contributed by atoms with Gasteiger partial charge in [-0.1, -0.05) is 22.5 Å². The van der Waals surface area contributed by atoms with Crippen LogP contribution in [-0.2, 0) is 4.79 Å². The van der Waals surface area contributed by atoms with Crippen molar-refractivity contribution in [1.82, 2.24) is 5.32 Å². The fraction of sp³-hybridized carbons (Fsp3) is 0.500. The van der Waals surface area contributed by atoms with Crippen molar-refractivity contribution in [1.29, 1.82) is 0 Å². The van der Waals surface area contributed by atoms with Gasteiger partial charge >= 0.3 is 0 Å². The summed E-state index contributed by atoms with van der Waals surface area (Å²) >= 11 is 3.14. The minimum atomic E-state index is -0.353. The molecule has 0 aliphatic carbocycles. The first-order chi connectivity index (χ1) is 4.54. The van der Waals surface area contributed by atoms with E-state index < -0.39 is 0 Å². The Bertz CT molecular complexity index is 147. The highest BCUT2D eigenvalue weighted by Gasteiger charge is 2.05. The number of amides is 1. The Kier molecular flexibility index (Phi) is 4.31. The van der Waals surface area contributed by atoms with Crippen molar-refractivity contribution in [2.24, 2.45) is 5.73 Å². The standard InChI is InChI=1S/C6H11BrN2O/c1-4(7)3-9-5(2)6(8)10/h5,9H,1,3H2,2H3,(H2,8,10). The maximum atomic E-state index is 10.4. The van der Waals surface area contributed by atoms with Crippen molar-refractivity contribution in [3.8, 4) is 0 Å². The van der Waals surface area contributed by atoms with Gasteiger partial charge < -0.3 is 11.1 Å². The van der Waals surface area contributed by atoms with Crippen molar-refractivity contribution >= 4 is 21.8 Å². The zero-order valence-corrected chi connectivity index (χ0v) is 7.44. The fourth-order valence-electron chi connectivity index (χ4n) is 0.364. The van der Waals surface area contributed by atoms with Crippen molar-refractivity contribution < 1.29 is 4.79 Å². The van der Waals surface area contributed by atoms with Gasteiger partial charge in [-0.2, -0.15) is 0 Å². The van der Waals surface area contributed by atoms with Crippen LogP contribution < -0.4 is 11.1 Å². The Labute approximate surface area is 68.8 Å². The number of carbonyl (C=O) groups excluding carboxylic acids is 1. The third-order valence-corrected chi connectivity index (χ3v) is 1.31.